The van der Waals surface area contributed by atoms with Crippen LogP contribution in [0.1, 0.15) is 50.7 Å². The van der Waals surface area contributed by atoms with Gasteiger partial charge >= 0.3 is 6.03 Å². The molecule has 4 nitrogen and oxygen atoms in total. The lowest BCUT2D eigenvalue weighted by atomic mass is 10.1. The van der Waals surface area contributed by atoms with Crippen LogP contribution in [0.2, 0.25) is 0 Å². The second-order valence-corrected chi connectivity index (χ2v) is 8.27. The van der Waals surface area contributed by atoms with Gasteiger partial charge in [0.15, 0.2) is 0 Å². The molecule has 0 unspecified atom stereocenters. The van der Waals surface area contributed by atoms with E-state index in [0.717, 1.165) is 60.9 Å². The standard InChI is InChI=1S/C28H31N3O/c1-3-5-11-22-13-9-15-24(19-22)31(25-16-10-14-23(20-25)12-6-4-2)28(32)30-21-29-26-17-7-8-18-27(26)30/h7-10,13-21H,3-6,11-12H2,1-2H3. The number of benzene rings is 3. The number of carbonyl (C=O) groups is 1. The third-order valence-electron chi connectivity index (χ3n) is 5.83. The fourth-order valence-corrected chi connectivity index (χ4v) is 4.05. The Morgan fingerprint density at radius 3 is 2.00 bits per heavy atom. The number of aryl methyl sites for hydroxylation is 2. The molecule has 0 aliphatic rings. The van der Waals surface area contributed by atoms with Crippen LogP contribution in [0.3, 0.4) is 0 Å². The van der Waals surface area contributed by atoms with Gasteiger partial charge in [0.2, 0.25) is 0 Å². The van der Waals surface area contributed by atoms with Crippen LogP contribution in [-0.4, -0.2) is 15.6 Å². The summed E-state index contributed by atoms with van der Waals surface area (Å²) >= 11 is 0. The first kappa shape index (κ1) is 21.8. The average molecular weight is 426 g/mol. The number of hydrogen-bond acceptors (Lipinski definition) is 2. The Bertz CT molecular complexity index is 1140. The molecule has 0 aliphatic heterocycles. The summed E-state index contributed by atoms with van der Waals surface area (Å²) < 4.78 is 1.65. The summed E-state index contributed by atoms with van der Waals surface area (Å²) in [5.74, 6) is 0. The van der Waals surface area contributed by atoms with E-state index in [0.29, 0.717) is 0 Å². The van der Waals surface area contributed by atoms with E-state index in [-0.39, 0.29) is 6.03 Å². The minimum absolute atomic E-state index is 0.126. The largest absolute Gasteiger partial charge is 0.339 e. The zero-order valence-corrected chi connectivity index (χ0v) is 19.0. The van der Waals surface area contributed by atoms with Crippen molar-refractivity contribution in [3.8, 4) is 0 Å². The lowest BCUT2D eigenvalue weighted by Crippen LogP contribution is -2.30. The third-order valence-corrected chi connectivity index (χ3v) is 5.83. The predicted octanol–water partition coefficient (Wildman–Crippen LogP) is 7.53. The van der Waals surface area contributed by atoms with Crippen LogP contribution in [0.5, 0.6) is 0 Å². The molecule has 164 valence electrons. The van der Waals surface area contributed by atoms with E-state index in [1.54, 1.807) is 10.9 Å². The van der Waals surface area contributed by atoms with Crippen LogP contribution in [0.25, 0.3) is 11.0 Å². The summed E-state index contributed by atoms with van der Waals surface area (Å²) in [4.78, 5) is 20.2. The Morgan fingerprint density at radius 2 is 1.41 bits per heavy atom. The molecule has 4 heteroatoms. The van der Waals surface area contributed by atoms with Crippen LogP contribution >= 0.6 is 0 Å². The molecule has 0 bridgehead atoms. The zero-order valence-electron chi connectivity index (χ0n) is 19.0. The maximum absolute atomic E-state index is 13.9. The van der Waals surface area contributed by atoms with Gasteiger partial charge < -0.3 is 0 Å². The summed E-state index contributed by atoms with van der Waals surface area (Å²) in [5.41, 5.74) is 5.89. The molecule has 0 fully saturated rings. The van der Waals surface area contributed by atoms with Gasteiger partial charge in [-0.05, 0) is 73.2 Å². The number of para-hydroxylation sites is 2. The molecule has 4 rings (SSSR count). The topological polar surface area (TPSA) is 38.1 Å². The number of nitrogens with zero attached hydrogens (tertiary/aromatic N) is 3. The molecule has 3 aromatic carbocycles. The van der Waals surface area contributed by atoms with E-state index in [9.17, 15) is 4.79 Å². The lowest BCUT2D eigenvalue weighted by molar-refractivity contribution is 0.250. The Balaban J connectivity index is 1.79. The van der Waals surface area contributed by atoms with Gasteiger partial charge in [0.05, 0.1) is 22.4 Å². The predicted molar refractivity (Wildman–Crippen MR) is 133 cm³/mol. The van der Waals surface area contributed by atoms with Gasteiger partial charge in [0.1, 0.15) is 6.33 Å². The van der Waals surface area contributed by atoms with Crippen LogP contribution in [0, 0.1) is 0 Å². The van der Waals surface area contributed by atoms with E-state index in [1.165, 1.54) is 11.1 Å². The van der Waals surface area contributed by atoms with Gasteiger partial charge in [-0.15, -0.1) is 0 Å². The van der Waals surface area contributed by atoms with Crippen LogP contribution in [-0.2, 0) is 12.8 Å². The molecule has 32 heavy (non-hydrogen) atoms. The first-order chi connectivity index (χ1) is 15.7. The molecule has 0 atom stereocenters. The number of amides is 1. The highest BCUT2D eigenvalue weighted by atomic mass is 16.2. The van der Waals surface area contributed by atoms with E-state index in [1.807, 2.05) is 53.4 Å². The van der Waals surface area contributed by atoms with Gasteiger partial charge in [0.25, 0.3) is 0 Å². The number of anilines is 2. The Morgan fingerprint density at radius 1 is 0.812 bits per heavy atom. The number of carbonyl (C=O) groups excluding carboxylic acids is 1. The molecule has 1 heterocycles. The number of hydrogen-bond donors (Lipinski definition) is 0. The number of fused-ring (bicyclic) bond motifs is 1. The van der Waals surface area contributed by atoms with Crippen molar-refractivity contribution in [2.75, 3.05) is 4.90 Å². The maximum atomic E-state index is 13.9. The first-order valence-corrected chi connectivity index (χ1v) is 11.7. The molecule has 1 aromatic heterocycles. The van der Waals surface area contributed by atoms with E-state index in [4.69, 9.17) is 0 Å². The second-order valence-electron chi connectivity index (χ2n) is 8.27. The van der Waals surface area contributed by atoms with Crippen molar-refractivity contribution in [3.63, 3.8) is 0 Å². The summed E-state index contributed by atoms with van der Waals surface area (Å²) in [6, 6.07) is 24.3. The highest BCUT2D eigenvalue weighted by Gasteiger charge is 2.22. The Kier molecular flexibility index (Phi) is 7.00. The van der Waals surface area contributed by atoms with Crippen molar-refractivity contribution in [2.24, 2.45) is 0 Å². The molecule has 0 N–H and O–H groups in total. The van der Waals surface area contributed by atoms with Crippen molar-refractivity contribution >= 4 is 28.4 Å². The fraction of sp³-hybridized carbons (Fsp3) is 0.286. The number of aromatic nitrogens is 2. The van der Waals surface area contributed by atoms with Crippen molar-refractivity contribution in [1.82, 2.24) is 9.55 Å². The third kappa shape index (κ3) is 4.75. The normalized spacial score (nSPS) is 11.1. The number of imidazole rings is 1. The van der Waals surface area contributed by atoms with Gasteiger partial charge in [0, 0.05) is 0 Å². The monoisotopic (exact) mass is 425 g/mol. The molecule has 1 amide bonds. The summed E-state index contributed by atoms with van der Waals surface area (Å²) in [6.45, 7) is 4.40. The first-order valence-electron chi connectivity index (χ1n) is 11.7. The van der Waals surface area contributed by atoms with Crippen molar-refractivity contribution in [3.05, 3.63) is 90.3 Å². The highest BCUT2D eigenvalue weighted by molar-refractivity contribution is 6.04. The molecular weight excluding hydrogens is 394 g/mol. The summed E-state index contributed by atoms with van der Waals surface area (Å²) in [5, 5.41) is 0. The van der Waals surface area contributed by atoms with E-state index >= 15 is 0 Å². The number of rotatable bonds is 8. The summed E-state index contributed by atoms with van der Waals surface area (Å²) in [6.07, 6.45) is 8.21. The molecule has 0 radical (unpaired) electrons. The fourth-order valence-electron chi connectivity index (χ4n) is 4.05. The molecule has 0 aliphatic carbocycles. The quantitative estimate of drug-likeness (QED) is 0.293. The van der Waals surface area contributed by atoms with Crippen molar-refractivity contribution < 1.29 is 4.79 Å². The van der Waals surface area contributed by atoms with E-state index < -0.39 is 0 Å². The van der Waals surface area contributed by atoms with Gasteiger partial charge in [-0.3, -0.25) is 4.90 Å². The summed E-state index contributed by atoms with van der Waals surface area (Å²) in [7, 11) is 0. The minimum atomic E-state index is -0.126. The smallest absolute Gasteiger partial charge is 0.262 e. The molecule has 4 aromatic rings. The molecule has 0 saturated carbocycles. The molecular formula is C28H31N3O. The van der Waals surface area contributed by atoms with Gasteiger partial charge in [-0.1, -0.05) is 63.1 Å². The second kappa shape index (κ2) is 10.3. The van der Waals surface area contributed by atoms with Gasteiger partial charge in [-0.25, -0.2) is 14.3 Å². The van der Waals surface area contributed by atoms with Gasteiger partial charge in [-0.2, -0.15) is 0 Å². The average Bonchev–Trinajstić information content (AvgIpc) is 3.26. The lowest BCUT2D eigenvalue weighted by Gasteiger charge is -2.24. The molecule has 0 spiro atoms. The van der Waals surface area contributed by atoms with Crippen LogP contribution in [0.15, 0.2) is 79.1 Å². The number of unbranched alkanes of at least 4 members (excludes halogenated alkanes) is 2. The van der Waals surface area contributed by atoms with E-state index in [2.05, 4.69) is 43.1 Å². The molecule has 0 saturated heterocycles. The Labute approximate surface area is 190 Å². The Hall–Kier alpha value is -3.40. The van der Waals surface area contributed by atoms with Crippen molar-refractivity contribution in [1.29, 1.82) is 0 Å². The minimum Gasteiger partial charge on any atom is -0.262 e. The maximum Gasteiger partial charge on any atom is 0.339 e. The van der Waals surface area contributed by atoms with Crippen molar-refractivity contribution in [2.45, 2.75) is 52.4 Å². The van der Waals surface area contributed by atoms with Crippen LogP contribution in [0.4, 0.5) is 16.2 Å². The SMILES string of the molecule is CCCCc1cccc(N(C(=O)n2cnc3ccccc32)c2cccc(CCCC)c2)c1. The van der Waals surface area contributed by atoms with Crippen LogP contribution < -0.4 is 4.90 Å². The zero-order chi connectivity index (χ0) is 22.3. The highest BCUT2D eigenvalue weighted by Crippen LogP contribution is 2.30.